The lowest BCUT2D eigenvalue weighted by Crippen LogP contribution is -2.58. The van der Waals surface area contributed by atoms with E-state index < -0.39 is 11.2 Å². The average molecular weight is 551 g/mol. The summed E-state index contributed by atoms with van der Waals surface area (Å²) < 4.78 is 1.46. The second-order valence-electron chi connectivity index (χ2n) is 12.0. The Morgan fingerprint density at radius 1 is 1.05 bits per heavy atom. The topological polar surface area (TPSA) is 143 Å². The van der Waals surface area contributed by atoms with E-state index in [4.69, 9.17) is 11.5 Å². The molecule has 1 aromatic carbocycles. The van der Waals surface area contributed by atoms with Gasteiger partial charge in [-0.05, 0) is 68.2 Å². The zero-order valence-corrected chi connectivity index (χ0v) is 23.8. The van der Waals surface area contributed by atoms with Gasteiger partial charge in [0.05, 0.1) is 11.2 Å². The molecule has 0 spiro atoms. The Kier molecular flexibility index (Phi) is 7.98. The van der Waals surface area contributed by atoms with Crippen LogP contribution in [0.15, 0.2) is 41.3 Å². The van der Waals surface area contributed by atoms with Crippen molar-refractivity contribution in [3.05, 3.63) is 52.6 Å². The first kappa shape index (κ1) is 28.3. The maximum Gasteiger partial charge on any atom is 0.354 e. The van der Waals surface area contributed by atoms with Crippen LogP contribution >= 0.6 is 0 Å². The van der Waals surface area contributed by atoms with Crippen molar-refractivity contribution >= 4 is 17.8 Å². The molecule has 3 aliphatic rings. The number of anilines is 1. The number of aromatic nitrogens is 2. The van der Waals surface area contributed by atoms with Gasteiger partial charge in [0, 0.05) is 58.1 Å². The van der Waals surface area contributed by atoms with Gasteiger partial charge in [0.2, 0.25) is 5.91 Å². The van der Waals surface area contributed by atoms with E-state index in [2.05, 4.69) is 34.3 Å². The van der Waals surface area contributed by atoms with Crippen LogP contribution in [0.4, 0.5) is 10.6 Å². The molecule has 3 amide bonds. The summed E-state index contributed by atoms with van der Waals surface area (Å²) >= 11 is 0. The number of nitrogens with two attached hydrogens (primary N) is 2. The van der Waals surface area contributed by atoms with E-state index in [9.17, 15) is 14.4 Å². The molecule has 2 unspecified atom stereocenters. The van der Waals surface area contributed by atoms with Gasteiger partial charge >= 0.3 is 11.7 Å². The number of hydrogen-bond donors (Lipinski definition) is 3. The number of amides is 3. The van der Waals surface area contributed by atoms with Crippen LogP contribution in [-0.4, -0.2) is 93.6 Å². The summed E-state index contributed by atoms with van der Waals surface area (Å²) in [6.45, 7) is 10.5. The molecule has 3 fully saturated rings. The summed E-state index contributed by atoms with van der Waals surface area (Å²) in [6, 6.07) is 9.58. The summed E-state index contributed by atoms with van der Waals surface area (Å²) in [7, 11) is 0. The summed E-state index contributed by atoms with van der Waals surface area (Å²) in [5.74, 6) is 2.35. The van der Waals surface area contributed by atoms with E-state index in [-0.39, 0.29) is 17.8 Å². The Morgan fingerprint density at radius 2 is 1.68 bits per heavy atom. The van der Waals surface area contributed by atoms with Gasteiger partial charge in [-0.25, -0.2) is 9.59 Å². The predicted octanol–water partition coefficient (Wildman–Crippen LogP) is 1.10. The Bertz CT molecular complexity index is 1270. The number of hydrogen-bond acceptors (Lipinski definition) is 7. The number of piperidine rings is 1. The maximum atomic E-state index is 12.7. The van der Waals surface area contributed by atoms with Crippen LogP contribution in [0, 0.1) is 17.8 Å². The molecule has 3 atom stereocenters. The van der Waals surface area contributed by atoms with Crippen LogP contribution in [0.25, 0.3) is 5.69 Å². The molecular formula is C29H42N8O3. The molecule has 3 heterocycles. The lowest BCUT2D eigenvalue weighted by atomic mass is 10.1. The quantitative estimate of drug-likeness (QED) is 0.447. The third kappa shape index (κ3) is 6.06. The van der Waals surface area contributed by atoms with E-state index in [1.165, 1.54) is 10.1 Å². The van der Waals surface area contributed by atoms with Crippen molar-refractivity contribution in [3.63, 3.8) is 0 Å². The third-order valence-electron chi connectivity index (χ3n) is 8.68. The number of carbonyl (C=O) groups is 2. The fourth-order valence-corrected chi connectivity index (χ4v) is 6.24. The minimum absolute atomic E-state index is 0.139. The number of fused-ring (bicyclic) bond motifs is 1. The number of benzene rings is 1. The van der Waals surface area contributed by atoms with Crippen LogP contribution < -0.4 is 22.5 Å². The van der Waals surface area contributed by atoms with Gasteiger partial charge in [-0.15, -0.1) is 0 Å². The van der Waals surface area contributed by atoms with Gasteiger partial charge in [-0.3, -0.25) is 14.7 Å². The van der Waals surface area contributed by atoms with Crippen molar-refractivity contribution in [1.29, 1.82) is 0 Å². The molecule has 2 saturated heterocycles. The minimum atomic E-state index is -0.944. The van der Waals surface area contributed by atoms with Crippen molar-refractivity contribution < 1.29 is 9.59 Å². The highest BCUT2D eigenvalue weighted by Gasteiger charge is 2.57. The number of piperazine rings is 1. The summed E-state index contributed by atoms with van der Waals surface area (Å²) in [5, 5.41) is 2.70. The molecule has 0 radical (unpaired) electrons. The normalized spacial score (nSPS) is 23.6. The number of nitrogens with one attached hydrogen (secondary N) is 1. The smallest absolute Gasteiger partial charge is 0.338 e. The van der Waals surface area contributed by atoms with Crippen LogP contribution in [0.5, 0.6) is 0 Å². The van der Waals surface area contributed by atoms with Crippen molar-refractivity contribution in [1.82, 2.24) is 24.3 Å². The lowest BCUT2D eigenvalue weighted by Gasteiger charge is -2.37. The minimum Gasteiger partial charge on any atom is -0.338 e. The van der Waals surface area contributed by atoms with Gasteiger partial charge < -0.3 is 26.2 Å². The zero-order valence-electron chi connectivity index (χ0n) is 23.8. The van der Waals surface area contributed by atoms with E-state index in [0.717, 1.165) is 55.9 Å². The first-order chi connectivity index (χ1) is 19.0. The van der Waals surface area contributed by atoms with Crippen LogP contribution in [0.2, 0.25) is 0 Å². The molecular weight excluding hydrogens is 508 g/mol. The molecule has 1 aliphatic carbocycles. The SMILES string of the molecule is CC[C@H](N)C1C2CN(CCc3ccc(-n4ccc(NC(=O)N5CCN(C(=O)C(C)(C)N)CC5)nc4=O)cc3)CC21. The van der Waals surface area contributed by atoms with Crippen molar-refractivity contribution in [2.24, 2.45) is 29.2 Å². The van der Waals surface area contributed by atoms with Crippen LogP contribution in [-0.2, 0) is 11.2 Å². The van der Waals surface area contributed by atoms with E-state index in [1.807, 2.05) is 12.1 Å². The molecule has 216 valence electrons. The number of urea groups is 1. The highest BCUT2D eigenvalue weighted by atomic mass is 16.2. The van der Waals surface area contributed by atoms with E-state index in [1.54, 1.807) is 35.9 Å². The Labute approximate surface area is 235 Å². The largest absolute Gasteiger partial charge is 0.354 e. The van der Waals surface area contributed by atoms with E-state index >= 15 is 0 Å². The van der Waals surface area contributed by atoms with Crippen molar-refractivity contribution in [2.75, 3.05) is 51.1 Å². The Morgan fingerprint density at radius 3 is 2.25 bits per heavy atom. The van der Waals surface area contributed by atoms with Crippen LogP contribution in [0.1, 0.15) is 32.8 Å². The van der Waals surface area contributed by atoms with Crippen LogP contribution in [0.3, 0.4) is 0 Å². The predicted molar refractivity (Wildman–Crippen MR) is 154 cm³/mol. The molecule has 1 aromatic heterocycles. The van der Waals surface area contributed by atoms with Gasteiger partial charge in [-0.2, -0.15) is 4.98 Å². The average Bonchev–Trinajstić information content (AvgIpc) is 3.44. The molecule has 1 saturated carbocycles. The highest BCUT2D eigenvalue weighted by Crippen LogP contribution is 2.53. The van der Waals surface area contributed by atoms with Crippen molar-refractivity contribution in [2.45, 2.75) is 45.2 Å². The summed E-state index contributed by atoms with van der Waals surface area (Å²) in [5.41, 5.74) is 12.7. The van der Waals surface area contributed by atoms with Gasteiger partial charge in [0.25, 0.3) is 0 Å². The maximum absolute atomic E-state index is 12.7. The summed E-state index contributed by atoms with van der Waals surface area (Å²) in [6.07, 6.45) is 3.65. The standard InChI is InChI=1S/C29H42N8O3/c1-4-23(30)25-21-17-34(18-22(21)25)11-9-19-5-7-20(8-6-19)37-12-10-24(33-28(37)40)32-27(39)36-15-13-35(14-16-36)26(38)29(2,3)31/h5-8,10,12,21-23,25H,4,9,11,13-18,30-31H2,1-3H3,(H,32,33,39,40)/t21?,22?,23-,25?/m0/s1. The second kappa shape index (κ2) is 11.3. The number of nitrogens with zero attached hydrogens (tertiary/aromatic N) is 5. The zero-order chi connectivity index (χ0) is 28.6. The molecule has 11 nitrogen and oxygen atoms in total. The van der Waals surface area contributed by atoms with E-state index in [0.29, 0.717) is 32.2 Å². The second-order valence-corrected chi connectivity index (χ2v) is 12.0. The first-order valence-corrected chi connectivity index (χ1v) is 14.4. The molecule has 11 heteroatoms. The Hall–Kier alpha value is -3.28. The fourth-order valence-electron chi connectivity index (χ4n) is 6.24. The molecule has 5 N–H and O–H groups in total. The number of carbonyl (C=O) groups excluding carboxylic acids is 2. The number of rotatable bonds is 8. The highest BCUT2D eigenvalue weighted by molar-refractivity contribution is 5.89. The Balaban J connectivity index is 1.10. The van der Waals surface area contributed by atoms with Crippen molar-refractivity contribution in [3.8, 4) is 5.69 Å². The van der Waals surface area contributed by atoms with Gasteiger partial charge in [-0.1, -0.05) is 19.1 Å². The third-order valence-corrected chi connectivity index (χ3v) is 8.68. The molecule has 5 rings (SSSR count). The number of likely N-dealkylation sites (tertiary alicyclic amines) is 1. The molecule has 2 aromatic rings. The first-order valence-electron chi connectivity index (χ1n) is 14.4. The molecule has 0 bridgehead atoms. The fraction of sp³-hybridized carbons (Fsp3) is 0.586. The summed E-state index contributed by atoms with van der Waals surface area (Å²) in [4.78, 5) is 47.7. The van der Waals surface area contributed by atoms with Gasteiger partial charge in [0.15, 0.2) is 0 Å². The lowest BCUT2D eigenvalue weighted by molar-refractivity contribution is -0.137. The molecule has 2 aliphatic heterocycles. The monoisotopic (exact) mass is 550 g/mol. The molecule has 40 heavy (non-hydrogen) atoms. The van der Waals surface area contributed by atoms with Gasteiger partial charge in [0.1, 0.15) is 5.82 Å².